The van der Waals surface area contributed by atoms with E-state index in [2.05, 4.69) is 10.6 Å². The van der Waals surface area contributed by atoms with Crippen LogP contribution in [-0.4, -0.2) is 30.5 Å². The van der Waals surface area contributed by atoms with E-state index in [1.54, 1.807) is 19.2 Å². The normalized spacial score (nSPS) is 10.4. The Morgan fingerprint density at radius 3 is 2.50 bits per heavy atom. The molecule has 0 saturated heterocycles. The molecule has 0 aliphatic carbocycles. The Labute approximate surface area is 198 Å². The highest BCUT2D eigenvalue weighted by molar-refractivity contribution is 7.12. The fourth-order valence-electron chi connectivity index (χ4n) is 3.16. The molecule has 32 heavy (non-hydrogen) atoms. The number of carbonyl (C=O) groups is 1. The first kappa shape index (κ1) is 25.2. The highest BCUT2D eigenvalue weighted by Crippen LogP contribution is 2.33. The quantitative estimate of drug-likeness (QED) is 0.259. The van der Waals surface area contributed by atoms with Crippen LogP contribution in [0.3, 0.4) is 0 Å². The summed E-state index contributed by atoms with van der Waals surface area (Å²) in [5.41, 5.74) is 2.80. The number of ether oxygens (including phenoxy) is 1. The molecule has 170 valence electrons. The molecule has 0 aliphatic rings. The van der Waals surface area contributed by atoms with Crippen LogP contribution in [0.4, 0.5) is 5.69 Å². The first-order chi connectivity index (χ1) is 14.9. The van der Waals surface area contributed by atoms with Crippen LogP contribution in [0.1, 0.15) is 46.1 Å². The molecule has 1 amide bonds. The number of amides is 1. The van der Waals surface area contributed by atoms with Gasteiger partial charge in [-0.1, -0.05) is 32.0 Å². The van der Waals surface area contributed by atoms with Gasteiger partial charge in [-0.05, 0) is 53.6 Å². The van der Waals surface area contributed by atoms with Crippen LogP contribution in [-0.2, 0) is 6.42 Å². The molecule has 8 heteroatoms. The van der Waals surface area contributed by atoms with Gasteiger partial charge >= 0.3 is 0 Å². The van der Waals surface area contributed by atoms with Gasteiger partial charge in [-0.2, -0.15) is 0 Å². The summed E-state index contributed by atoms with van der Waals surface area (Å²) in [4.78, 5) is 13.5. The van der Waals surface area contributed by atoms with Gasteiger partial charge in [0.25, 0.3) is 5.91 Å². The molecule has 2 aromatic carbocycles. The van der Waals surface area contributed by atoms with Gasteiger partial charge in [0.2, 0.25) is 0 Å². The predicted octanol–water partition coefficient (Wildman–Crippen LogP) is 5.42. The van der Waals surface area contributed by atoms with Crippen molar-refractivity contribution in [2.24, 2.45) is 0 Å². The van der Waals surface area contributed by atoms with E-state index >= 15 is 0 Å². The van der Waals surface area contributed by atoms with Crippen LogP contribution in [0.2, 0.25) is 0 Å². The van der Waals surface area contributed by atoms with Crippen LogP contribution in [0.15, 0.2) is 53.9 Å². The maximum atomic E-state index is 12.6. The SMILES string of the molecule is COc1cc(C(=O)NCCc2ccc(NC(=N)c3cccs3)cc2)c(O)c(C(C)C)c1.Cl. The number of hydrogen-bond acceptors (Lipinski definition) is 5. The fourth-order valence-corrected chi connectivity index (χ4v) is 3.79. The molecule has 0 spiro atoms. The maximum Gasteiger partial charge on any atom is 0.255 e. The van der Waals surface area contributed by atoms with Gasteiger partial charge in [-0.25, -0.2) is 0 Å². The zero-order chi connectivity index (χ0) is 22.4. The van der Waals surface area contributed by atoms with E-state index in [1.165, 1.54) is 11.3 Å². The molecule has 0 aliphatic heterocycles. The molecular weight excluding hydrogens is 446 g/mol. The fraction of sp³-hybridized carbons (Fsp3) is 0.250. The Hall–Kier alpha value is -3.03. The van der Waals surface area contributed by atoms with Crippen molar-refractivity contribution in [3.05, 3.63) is 75.5 Å². The number of nitrogens with one attached hydrogen (secondary N) is 3. The molecule has 1 aromatic heterocycles. The monoisotopic (exact) mass is 473 g/mol. The van der Waals surface area contributed by atoms with Crippen molar-refractivity contribution in [3.8, 4) is 11.5 Å². The number of phenolic OH excluding ortho intramolecular Hbond substituents is 1. The second kappa shape index (κ2) is 11.5. The van der Waals surface area contributed by atoms with Crippen LogP contribution in [0, 0.1) is 5.41 Å². The molecular formula is C24H28ClN3O3S. The number of hydrogen-bond donors (Lipinski definition) is 4. The smallest absolute Gasteiger partial charge is 0.255 e. The number of thiophene rings is 1. The van der Waals surface area contributed by atoms with E-state index in [4.69, 9.17) is 10.1 Å². The number of halogens is 1. The summed E-state index contributed by atoms with van der Waals surface area (Å²) in [5, 5.41) is 26.5. The number of rotatable bonds is 8. The van der Waals surface area contributed by atoms with Gasteiger partial charge in [0.05, 0.1) is 17.6 Å². The molecule has 4 N–H and O–H groups in total. The van der Waals surface area contributed by atoms with E-state index in [0.717, 1.165) is 16.1 Å². The first-order valence-corrected chi connectivity index (χ1v) is 10.9. The number of carbonyl (C=O) groups excluding carboxylic acids is 1. The second-order valence-corrected chi connectivity index (χ2v) is 8.40. The Kier molecular flexibility index (Phi) is 9.11. The largest absolute Gasteiger partial charge is 0.507 e. The molecule has 0 atom stereocenters. The third kappa shape index (κ3) is 6.24. The van der Waals surface area contributed by atoms with Gasteiger partial charge in [0.1, 0.15) is 17.3 Å². The van der Waals surface area contributed by atoms with Crippen LogP contribution in [0.5, 0.6) is 11.5 Å². The number of aromatic hydroxyl groups is 1. The van der Waals surface area contributed by atoms with Crippen molar-refractivity contribution in [1.29, 1.82) is 5.41 Å². The highest BCUT2D eigenvalue weighted by Gasteiger charge is 2.18. The van der Waals surface area contributed by atoms with Crippen LogP contribution in [0.25, 0.3) is 0 Å². The van der Waals surface area contributed by atoms with Gasteiger partial charge in [-0.15, -0.1) is 23.7 Å². The first-order valence-electron chi connectivity index (χ1n) is 10.1. The minimum Gasteiger partial charge on any atom is -0.507 e. The number of anilines is 1. The van der Waals surface area contributed by atoms with Gasteiger partial charge < -0.3 is 20.5 Å². The average molecular weight is 474 g/mol. The van der Waals surface area contributed by atoms with Crippen LogP contribution < -0.4 is 15.4 Å². The molecule has 0 bridgehead atoms. The summed E-state index contributed by atoms with van der Waals surface area (Å²) in [6, 6.07) is 14.9. The molecule has 3 aromatic rings. The summed E-state index contributed by atoms with van der Waals surface area (Å²) in [5.74, 6) is 0.643. The number of phenols is 1. The topological polar surface area (TPSA) is 94.4 Å². The van der Waals surface area contributed by atoms with Crippen molar-refractivity contribution < 1.29 is 14.6 Å². The Balaban J connectivity index is 0.00000363. The lowest BCUT2D eigenvalue weighted by Gasteiger charge is -2.15. The minimum atomic E-state index is -0.332. The van der Waals surface area contributed by atoms with Gasteiger partial charge in [-0.3, -0.25) is 10.2 Å². The summed E-state index contributed by atoms with van der Waals surface area (Å²) in [6.07, 6.45) is 0.649. The molecule has 0 fully saturated rings. The zero-order valence-corrected chi connectivity index (χ0v) is 19.9. The van der Waals surface area contributed by atoms with E-state index in [9.17, 15) is 9.90 Å². The van der Waals surface area contributed by atoms with Crippen molar-refractivity contribution in [1.82, 2.24) is 5.32 Å². The molecule has 0 unspecified atom stereocenters. The van der Waals surface area contributed by atoms with Crippen molar-refractivity contribution in [2.75, 3.05) is 19.0 Å². The summed E-state index contributed by atoms with van der Waals surface area (Å²) in [6.45, 7) is 4.34. The molecule has 0 radical (unpaired) electrons. The third-order valence-corrected chi connectivity index (χ3v) is 5.79. The molecule has 3 rings (SSSR count). The summed E-state index contributed by atoms with van der Waals surface area (Å²) in [7, 11) is 1.54. The maximum absolute atomic E-state index is 12.6. The number of methoxy groups -OCH3 is 1. The molecule has 0 saturated carbocycles. The summed E-state index contributed by atoms with van der Waals surface area (Å²) >= 11 is 1.52. The summed E-state index contributed by atoms with van der Waals surface area (Å²) < 4.78 is 5.28. The van der Waals surface area contributed by atoms with Crippen molar-refractivity contribution >= 4 is 41.2 Å². The second-order valence-electron chi connectivity index (χ2n) is 7.45. The third-order valence-electron chi connectivity index (χ3n) is 4.91. The highest BCUT2D eigenvalue weighted by atomic mass is 35.5. The average Bonchev–Trinajstić information content (AvgIpc) is 3.30. The standard InChI is InChI=1S/C24H27N3O3S.ClH/c1-15(2)19-13-18(30-3)14-20(22(19)28)24(29)26-11-10-16-6-8-17(9-7-16)27-23(25)21-5-4-12-31-21;/h4-9,12-15,28H,10-11H2,1-3H3,(H2,25,27)(H,26,29);1H. The van der Waals surface area contributed by atoms with Gasteiger partial charge in [0.15, 0.2) is 0 Å². The lowest BCUT2D eigenvalue weighted by atomic mass is 9.98. The molecule has 6 nitrogen and oxygen atoms in total. The lowest BCUT2D eigenvalue weighted by Crippen LogP contribution is -2.26. The Morgan fingerprint density at radius 2 is 1.91 bits per heavy atom. The van der Waals surface area contributed by atoms with Gasteiger partial charge in [0, 0.05) is 17.8 Å². The van der Waals surface area contributed by atoms with Crippen molar-refractivity contribution in [3.63, 3.8) is 0 Å². The molecule has 1 heterocycles. The van der Waals surface area contributed by atoms with Crippen molar-refractivity contribution in [2.45, 2.75) is 26.2 Å². The van der Waals surface area contributed by atoms with E-state index < -0.39 is 0 Å². The lowest BCUT2D eigenvalue weighted by molar-refractivity contribution is 0.0951. The Bertz CT molecular complexity index is 1050. The number of amidine groups is 1. The predicted molar refractivity (Wildman–Crippen MR) is 133 cm³/mol. The Morgan fingerprint density at radius 1 is 1.19 bits per heavy atom. The minimum absolute atomic E-state index is 0. The van der Waals surface area contributed by atoms with E-state index in [1.807, 2.05) is 55.6 Å². The van der Waals surface area contributed by atoms with E-state index in [-0.39, 0.29) is 35.5 Å². The van der Waals surface area contributed by atoms with E-state index in [0.29, 0.717) is 30.1 Å². The number of benzene rings is 2. The zero-order valence-electron chi connectivity index (χ0n) is 18.3. The van der Waals surface area contributed by atoms with Crippen LogP contribution >= 0.6 is 23.7 Å².